The van der Waals surface area contributed by atoms with Crippen LogP contribution < -0.4 is 4.90 Å². The van der Waals surface area contributed by atoms with Crippen LogP contribution >= 0.6 is 0 Å². The second-order valence-electron chi connectivity index (χ2n) is 6.92. The van der Waals surface area contributed by atoms with Crippen molar-refractivity contribution in [1.82, 2.24) is 0 Å². The van der Waals surface area contributed by atoms with Crippen LogP contribution in [0.5, 0.6) is 0 Å². The van der Waals surface area contributed by atoms with E-state index in [0.29, 0.717) is 5.69 Å². The summed E-state index contributed by atoms with van der Waals surface area (Å²) in [6.07, 6.45) is 5.21. The van der Waals surface area contributed by atoms with Gasteiger partial charge < -0.3 is 0 Å². The van der Waals surface area contributed by atoms with E-state index in [-0.39, 0.29) is 35.5 Å². The zero-order chi connectivity index (χ0) is 16.3. The number of imide groups is 1. The summed E-state index contributed by atoms with van der Waals surface area (Å²) in [7, 11) is 0. The summed E-state index contributed by atoms with van der Waals surface area (Å²) in [5.41, 5.74) is 2.90. The highest BCUT2D eigenvalue weighted by Crippen LogP contribution is 2.53. The summed E-state index contributed by atoms with van der Waals surface area (Å²) in [4.78, 5) is 27.0. The van der Waals surface area contributed by atoms with Gasteiger partial charge in [-0.1, -0.05) is 54.6 Å². The van der Waals surface area contributed by atoms with Crippen molar-refractivity contribution in [2.45, 2.75) is 6.42 Å². The van der Waals surface area contributed by atoms with Gasteiger partial charge in [-0.25, -0.2) is 0 Å². The van der Waals surface area contributed by atoms with E-state index in [1.807, 2.05) is 42.5 Å². The molecule has 0 radical (unpaired) electrons. The third kappa shape index (κ3) is 1.78. The number of hydrogen-bond donors (Lipinski definition) is 0. The summed E-state index contributed by atoms with van der Waals surface area (Å²) in [5.74, 6) is 0.196. The predicted molar refractivity (Wildman–Crippen MR) is 92.1 cm³/mol. The van der Waals surface area contributed by atoms with Crippen molar-refractivity contribution < 1.29 is 9.59 Å². The first-order chi connectivity index (χ1) is 11.7. The molecule has 2 aliphatic carbocycles. The second-order valence-corrected chi connectivity index (χ2v) is 6.92. The molecule has 5 rings (SSSR count). The maximum absolute atomic E-state index is 12.8. The van der Waals surface area contributed by atoms with Crippen LogP contribution in [0, 0.1) is 23.7 Å². The van der Waals surface area contributed by atoms with Crippen LogP contribution in [0.3, 0.4) is 0 Å². The zero-order valence-electron chi connectivity index (χ0n) is 13.1. The Kier molecular flexibility index (Phi) is 2.81. The molecule has 3 aliphatic rings. The van der Waals surface area contributed by atoms with Gasteiger partial charge in [0.2, 0.25) is 11.8 Å². The molecule has 4 unspecified atom stereocenters. The van der Waals surface area contributed by atoms with E-state index in [2.05, 4.69) is 24.3 Å². The number of rotatable bonds is 2. The van der Waals surface area contributed by atoms with Crippen molar-refractivity contribution in [1.29, 1.82) is 0 Å². The Morgan fingerprint density at radius 3 is 1.83 bits per heavy atom. The van der Waals surface area contributed by atoms with E-state index < -0.39 is 0 Å². The number of carbonyl (C=O) groups is 2. The van der Waals surface area contributed by atoms with Crippen LogP contribution in [-0.4, -0.2) is 11.8 Å². The van der Waals surface area contributed by atoms with Crippen LogP contribution in [-0.2, 0) is 9.59 Å². The van der Waals surface area contributed by atoms with E-state index in [9.17, 15) is 9.59 Å². The Hall–Kier alpha value is -2.68. The fraction of sp³-hybridized carbons (Fsp3) is 0.238. The fourth-order valence-corrected chi connectivity index (χ4v) is 4.59. The first-order valence-electron chi connectivity index (χ1n) is 8.45. The minimum Gasteiger partial charge on any atom is -0.274 e. The molecule has 2 aromatic carbocycles. The van der Waals surface area contributed by atoms with Crippen molar-refractivity contribution in [3.8, 4) is 11.1 Å². The van der Waals surface area contributed by atoms with Crippen LogP contribution in [0.1, 0.15) is 6.42 Å². The number of anilines is 1. The highest BCUT2D eigenvalue weighted by Gasteiger charge is 2.59. The van der Waals surface area contributed by atoms with Gasteiger partial charge in [0.05, 0.1) is 17.5 Å². The quantitative estimate of drug-likeness (QED) is 0.626. The van der Waals surface area contributed by atoms with Crippen molar-refractivity contribution >= 4 is 17.5 Å². The number of fused-ring (bicyclic) bond motifs is 5. The number of allylic oxidation sites excluding steroid dienone is 2. The second kappa shape index (κ2) is 4.91. The number of benzene rings is 2. The van der Waals surface area contributed by atoms with E-state index in [1.54, 1.807) is 0 Å². The average molecular weight is 315 g/mol. The smallest absolute Gasteiger partial charge is 0.238 e. The van der Waals surface area contributed by atoms with Gasteiger partial charge in [-0.05, 0) is 41.5 Å². The lowest BCUT2D eigenvalue weighted by Crippen LogP contribution is -2.32. The minimum absolute atomic E-state index is 0.0192. The molecule has 24 heavy (non-hydrogen) atoms. The molecule has 0 aromatic heterocycles. The maximum Gasteiger partial charge on any atom is 0.238 e. The van der Waals surface area contributed by atoms with Crippen molar-refractivity contribution in [3.05, 3.63) is 66.7 Å². The molecule has 0 N–H and O–H groups in total. The molecule has 0 spiro atoms. The fourth-order valence-electron chi connectivity index (χ4n) is 4.59. The Balaban J connectivity index is 1.47. The normalized spacial score (nSPS) is 30.2. The van der Waals surface area contributed by atoms with Gasteiger partial charge in [-0.2, -0.15) is 0 Å². The highest BCUT2D eigenvalue weighted by atomic mass is 16.2. The summed E-state index contributed by atoms with van der Waals surface area (Å²) in [6, 6.07) is 17.8. The molecule has 1 saturated carbocycles. The van der Waals surface area contributed by atoms with Crippen molar-refractivity contribution in [2.24, 2.45) is 23.7 Å². The van der Waals surface area contributed by atoms with Crippen LogP contribution in [0.15, 0.2) is 66.7 Å². The lowest BCUT2D eigenvalue weighted by Gasteiger charge is -2.17. The standard InChI is InChI=1S/C21H17NO2/c23-20-18-15-6-7-16(12-15)19(18)21(24)22(20)17-10-8-14(9-11-17)13-4-2-1-3-5-13/h1-11,15-16,18-19H,12H2. The van der Waals surface area contributed by atoms with E-state index in [0.717, 1.165) is 17.5 Å². The monoisotopic (exact) mass is 315 g/mol. The molecular formula is C21H17NO2. The molecule has 2 bridgehead atoms. The summed E-state index contributed by atoms with van der Waals surface area (Å²) in [5, 5.41) is 0. The molecule has 2 amide bonds. The third-order valence-corrected chi connectivity index (χ3v) is 5.70. The lowest BCUT2D eigenvalue weighted by atomic mass is 9.85. The predicted octanol–water partition coefficient (Wildman–Crippen LogP) is 3.67. The summed E-state index contributed by atoms with van der Waals surface area (Å²) >= 11 is 0. The molecule has 1 saturated heterocycles. The maximum atomic E-state index is 12.8. The molecule has 2 aromatic rings. The molecule has 2 fully saturated rings. The van der Waals surface area contributed by atoms with Crippen LogP contribution in [0.25, 0.3) is 11.1 Å². The van der Waals surface area contributed by atoms with Crippen LogP contribution in [0.4, 0.5) is 5.69 Å². The molecule has 118 valence electrons. The number of amides is 2. The third-order valence-electron chi connectivity index (χ3n) is 5.70. The Bertz CT molecular complexity index is 823. The Labute approximate surface area is 140 Å². The van der Waals surface area contributed by atoms with Gasteiger partial charge in [-0.3, -0.25) is 14.5 Å². The SMILES string of the molecule is O=C1C2C3C=CC(C3)C2C(=O)N1c1ccc(-c2ccccc2)cc1. The van der Waals surface area contributed by atoms with E-state index in [1.165, 1.54) is 4.90 Å². The van der Waals surface area contributed by atoms with Crippen molar-refractivity contribution in [2.75, 3.05) is 4.90 Å². The first-order valence-corrected chi connectivity index (χ1v) is 8.45. The summed E-state index contributed by atoms with van der Waals surface area (Å²) < 4.78 is 0. The number of hydrogen-bond acceptors (Lipinski definition) is 2. The highest BCUT2D eigenvalue weighted by molar-refractivity contribution is 6.22. The van der Waals surface area contributed by atoms with Gasteiger partial charge in [0.25, 0.3) is 0 Å². The van der Waals surface area contributed by atoms with Crippen LogP contribution in [0.2, 0.25) is 0 Å². The zero-order valence-corrected chi connectivity index (χ0v) is 13.1. The summed E-state index contributed by atoms with van der Waals surface area (Å²) in [6.45, 7) is 0. The molecule has 4 atom stereocenters. The number of nitrogens with zero attached hydrogens (tertiary/aromatic N) is 1. The molecule has 1 aliphatic heterocycles. The van der Waals surface area contributed by atoms with Crippen molar-refractivity contribution in [3.63, 3.8) is 0 Å². The van der Waals surface area contributed by atoms with E-state index in [4.69, 9.17) is 0 Å². The first kappa shape index (κ1) is 13.7. The van der Waals surface area contributed by atoms with Gasteiger partial charge >= 0.3 is 0 Å². The number of carbonyl (C=O) groups excluding carboxylic acids is 2. The Morgan fingerprint density at radius 1 is 0.708 bits per heavy atom. The Morgan fingerprint density at radius 2 is 1.25 bits per heavy atom. The minimum atomic E-state index is -0.138. The van der Waals surface area contributed by atoms with Gasteiger partial charge in [0.15, 0.2) is 0 Å². The van der Waals surface area contributed by atoms with E-state index >= 15 is 0 Å². The topological polar surface area (TPSA) is 37.4 Å². The molecule has 3 nitrogen and oxygen atoms in total. The molecule has 3 heteroatoms. The molecular weight excluding hydrogens is 298 g/mol. The average Bonchev–Trinajstić information content (AvgIpc) is 3.30. The van der Waals surface area contributed by atoms with Gasteiger partial charge in [0, 0.05) is 0 Å². The molecule has 1 heterocycles. The largest absolute Gasteiger partial charge is 0.274 e. The van der Waals surface area contributed by atoms with Gasteiger partial charge in [0.1, 0.15) is 0 Å². The lowest BCUT2D eigenvalue weighted by molar-refractivity contribution is -0.123. The van der Waals surface area contributed by atoms with Gasteiger partial charge in [-0.15, -0.1) is 0 Å².